The lowest BCUT2D eigenvalue weighted by molar-refractivity contribution is 0.476. The summed E-state index contributed by atoms with van der Waals surface area (Å²) < 4.78 is 8.38. The van der Waals surface area contributed by atoms with Gasteiger partial charge in [0.25, 0.3) is 0 Å². The summed E-state index contributed by atoms with van der Waals surface area (Å²) in [6.45, 7) is 1.75. The number of azo groups is 2. The molecule has 0 fully saturated rings. The van der Waals surface area contributed by atoms with Gasteiger partial charge in [0.05, 0.1) is 16.8 Å². The van der Waals surface area contributed by atoms with Crippen LogP contribution in [0.15, 0.2) is 50.9 Å². The number of fused-ring (bicyclic) bond motifs is 1. The highest BCUT2D eigenvalue weighted by molar-refractivity contribution is 7.11. The number of hydrogen-bond donors (Lipinski definition) is 1. The molecule has 0 atom stereocenters. The highest BCUT2D eigenvalue weighted by Gasteiger charge is 2.14. The number of hydrogen-bond acceptors (Lipinski definition) is 12. The van der Waals surface area contributed by atoms with Crippen molar-refractivity contribution in [2.45, 2.75) is 6.92 Å². The van der Waals surface area contributed by atoms with Gasteiger partial charge in [0.1, 0.15) is 28.8 Å². The van der Waals surface area contributed by atoms with Crippen molar-refractivity contribution in [3.05, 3.63) is 41.7 Å². The zero-order valence-corrected chi connectivity index (χ0v) is 18.3. The minimum atomic E-state index is -0.0512. The van der Waals surface area contributed by atoms with E-state index in [4.69, 9.17) is 0 Å². The lowest BCUT2D eigenvalue weighted by Gasteiger charge is -2.15. The first-order chi connectivity index (χ1) is 15.0. The second-order valence-electron chi connectivity index (χ2n) is 6.55. The van der Waals surface area contributed by atoms with Crippen molar-refractivity contribution in [1.82, 2.24) is 13.7 Å². The fraction of sp³-hybridized carbons (Fsp3) is 0.158. The average molecular weight is 450 g/mol. The molecule has 0 aliphatic carbocycles. The van der Waals surface area contributed by atoms with Gasteiger partial charge in [0.15, 0.2) is 15.6 Å². The molecular weight excluding hydrogens is 434 g/mol. The van der Waals surface area contributed by atoms with E-state index in [-0.39, 0.29) is 11.4 Å². The molecule has 1 aromatic carbocycles. The lowest BCUT2D eigenvalue weighted by Crippen LogP contribution is -2.08. The Balaban J connectivity index is 1.73. The molecule has 3 aromatic heterocycles. The molecule has 0 spiro atoms. The summed E-state index contributed by atoms with van der Waals surface area (Å²) in [5.74, 6) is -0.0512. The van der Waals surface area contributed by atoms with E-state index >= 15 is 0 Å². The lowest BCUT2D eigenvalue weighted by atomic mass is 10.2. The van der Waals surface area contributed by atoms with Crippen LogP contribution in [0.2, 0.25) is 0 Å². The molecule has 154 valence electrons. The molecule has 0 unspecified atom stereocenters. The first-order valence-corrected chi connectivity index (χ1v) is 10.5. The van der Waals surface area contributed by atoms with Crippen molar-refractivity contribution < 1.29 is 5.11 Å². The normalized spacial score (nSPS) is 11.5. The largest absolute Gasteiger partial charge is 0.506 e. The summed E-state index contributed by atoms with van der Waals surface area (Å²) in [5, 5.41) is 38.4. The number of aryl methyl sites for hydroxylation is 1. The first kappa shape index (κ1) is 20.5. The molecule has 0 bridgehead atoms. The summed E-state index contributed by atoms with van der Waals surface area (Å²) in [4.78, 5) is 5.97. The molecule has 0 saturated heterocycles. The van der Waals surface area contributed by atoms with Crippen LogP contribution in [0.5, 0.6) is 5.75 Å². The van der Waals surface area contributed by atoms with Gasteiger partial charge >= 0.3 is 0 Å². The van der Waals surface area contributed by atoms with Crippen LogP contribution >= 0.6 is 23.1 Å². The van der Waals surface area contributed by atoms with Crippen molar-refractivity contribution in [3.63, 3.8) is 0 Å². The minimum Gasteiger partial charge on any atom is -0.506 e. The zero-order chi connectivity index (χ0) is 22.0. The molecule has 0 amide bonds. The number of rotatable bonds is 5. The Hall–Kier alpha value is -3.82. The maximum absolute atomic E-state index is 10.4. The summed E-state index contributed by atoms with van der Waals surface area (Å²) in [6, 6.07) is 8.87. The number of pyridine rings is 1. The number of nitriles is 1. The van der Waals surface area contributed by atoms with Crippen LogP contribution in [0.1, 0.15) is 11.3 Å². The molecule has 10 nitrogen and oxygen atoms in total. The van der Waals surface area contributed by atoms with Crippen molar-refractivity contribution in [2.24, 2.45) is 20.5 Å². The molecule has 0 saturated carbocycles. The van der Waals surface area contributed by atoms with Gasteiger partial charge in [-0.25, -0.2) is 4.98 Å². The Bertz CT molecular complexity index is 1360. The molecule has 0 radical (unpaired) electrons. The number of aromatic nitrogens is 3. The van der Waals surface area contributed by atoms with Crippen LogP contribution in [0.3, 0.4) is 0 Å². The van der Waals surface area contributed by atoms with Crippen LogP contribution in [0.25, 0.3) is 11.0 Å². The third-order valence-electron chi connectivity index (χ3n) is 4.24. The molecule has 12 heteroatoms. The SMILES string of the molecule is Cc1nsc(/N=N/c2cc(/N=N/c3snc4ncccc34)c(O)cc2N(C)C)c1C#N. The van der Waals surface area contributed by atoms with E-state index in [2.05, 4.69) is 40.3 Å². The van der Waals surface area contributed by atoms with Crippen molar-refractivity contribution in [3.8, 4) is 11.8 Å². The van der Waals surface area contributed by atoms with E-state index in [1.165, 1.54) is 17.6 Å². The zero-order valence-electron chi connectivity index (χ0n) is 16.7. The van der Waals surface area contributed by atoms with Crippen molar-refractivity contribution >= 4 is 61.2 Å². The predicted octanol–water partition coefficient (Wildman–Crippen LogP) is 5.93. The highest BCUT2D eigenvalue weighted by atomic mass is 32.1. The summed E-state index contributed by atoms with van der Waals surface area (Å²) in [6.07, 6.45) is 1.66. The van der Waals surface area contributed by atoms with Crippen LogP contribution in [0.4, 0.5) is 27.1 Å². The topological polar surface area (TPSA) is 135 Å². The molecule has 3 heterocycles. The van der Waals surface area contributed by atoms with E-state index in [0.29, 0.717) is 38.3 Å². The van der Waals surface area contributed by atoms with E-state index < -0.39 is 0 Å². The maximum atomic E-state index is 10.4. The van der Waals surface area contributed by atoms with Crippen molar-refractivity contribution in [2.75, 3.05) is 19.0 Å². The van der Waals surface area contributed by atoms with Crippen LogP contribution < -0.4 is 4.90 Å². The predicted molar refractivity (Wildman–Crippen MR) is 120 cm³/mol. The van der Waals surface area contributed by atoms with Gasteiger partial charge < -0.3 is 10.0 Å². The Morgan fingerprint density at radius 2 is 1.77 bits per heavy atom. The number of anilines is 1. The van der Waals surface area contributed by atoms with Gasteiger partial charge in [0.2, 0.25) is 0 Å². The third kappa shape index (κ3) is 4.09. The van der Waals surface area contributed by atoms with Gasteiger partial charge in [-0.2, -0.15) is 14.0 Å². The second-order valence-corrected chi connectivity index (χ2v) is 8.05. The minimum absolute atomic E-state index is 0.0512. The fourth-order valence-electron chi connectivity index (χ4n) is 2.67. The molecule has 0 aliphatic rings. The molecule has 1 N–H and O–H groups in total. The highest BCUT2D eigenvalue weighted by Crippen LogP contribution is 2.41. The van der Waals surface area contributed by atoms with E-state index in [0.717, 1.165) is 16.9 Å². The van der Waals surface area contributed by atoms with Gasteiger partial charge in [-0.3, -0.25) is 0 Å². The van der Waals surface area contributed by atoms with Gasteiger partial charge in [-0.15, -0.1) is 20.5 Å². The summed E-state index contributed by atoms with van der Waals surface area (Å²) >= 11 is 2.28. The number of aromatic hydroxyl groups is 1. The smallest absolute Gasteiger partial charge is 0.176 e. The quantitative estimate of drug-likeness (QED) is 0.375. The Labute approximate surface area is 185 Å². The standard InChI is InChI=1S/C19H15N9OS2/c1-10-12(9-20)19(30-26-10)25-22-13-7-14(16(29)8-15(13)28(2)3)23-24-18-11-5-4-6-21-17(11)27-31-18/h4-8,29H,1-3H3/b24-23+,25-22+. The van der Waals surface area contributed by atoms with Crippen LogP contribution in [-0.2, 0) is 0 Å². The molecule has 31 heavy (non-hydrogen) atoms. The monoisotopic (exact) mass is 449 g/mol. The van der Waals surface area contributed by atoms with E-state index in [1.54, 1.807) is 30.2 Å². The van der Waals surface area contributed by atoms with Crippen LogP contribution in [-0.4, -0.2) is 32.9 Å². The Kier molecular flexibility index (Phi) is 5.61. The number of phenolic OH excluding ortho intramolecular Hbond substituents is 1. The number of benzene rings is 1. The van der Waals surface area contributed by atoms with Gasteiger partial charge in [-0.05, 0) is 48.2 Å². The summed E-state index contributed by atoms with van der Waals surface area (Å²) in [7, 11) is 3.64. The maximum Gasteiger partial charge on any atom is 0.176 e. The summed E-state index contributed by atoms with van der Waals surface area (Å²) in [5.41, 5.74) is 2.92. The molecule has 4 rings (SSSR count). The molecular formula is C19H15N9OS2. The number of nitrogens with zero attached hydrogens (tertiary/aromatic N) is 9. The van der Waals surface area contributed by atoms with Gasteiger partial charge in [0, 0.05) is 26.4 Å². The van der Waals surface area contributed by atoms with Gasteiger partial charge in [-0.1, -0.05) is 0 Å². The third-order valence-corrected chi connectivity index (χ3v) is 5.81. The second kappa shape index (κ2) is 8.50. The van der Waals surface area contributed by atoms with Crippen LogP contribution in [0, 0.1) is 18.3 Å². The average Bonchev–Trinajstić information content (AvgIpc) is 3.34. The van der Waals surface area contributed by atoms with Crippen molar-refractivity contribution in [1.29, 1.82) is 5.26 Å². The number of phenols is 1. The molecule has 0 aliphatic heterocycles. The Morgan fingerprint density at radius 1 is 1.03 bits per heavy atom. The first-order valence-electron chi connectivity index (χ1n) is 8.92. The van der Waals surface area contributed by atoms with E-state index in [9.17, 15) is 10.4 Å². The Morgan fingerprint density at radius 3 is 2.55 bits per heavy atom. The molecule has 4 aromatic rings. The van der Waals surface area contributed by atoms with E-state index in [1.807, 2.05) is 20.2 Å². The fourth-order valence-corrected chi connectivity index (χ4v) is 4.00.